The fourth-order valence-corrected chi connectivity index (χ4v) is 3.28. The molecule has 0 saturated heterocycles. The summed E-state index contributed by atoms with van der Waals surface area (Å²) >= 11 is 0. The zero-order chi connectivity index (χ0) is 19.4. The van der Waals surface area contributed by atoms with Crippen LogP contribution < -0.4 is 15.0 Å². The first-order chi connectivity index (χ1) is 13.0. The standard InChI is InChI=1S/C21H24N2O4/c1-14-6-7-16(21(25)27-3)12-18(14)22-13-20(24)23-10-4-5-15-11-17(26-2)8-9-19(15)23/h6-9,11-12,22H,4-5,10,13H2,1-3H3. The molecule has 1 heterocycles. The number of hydrogen-bond acceptors (Lipinski definition) is 5. The number of hydrogen-bond donors (Lipinski definition) is 1. The molecule has 1 N–H and O–H groups in total. The van der Waals surface area contributed by atoms with E-state index < -0.39 is 5.97 Å². The predicted molar refractivity (Wildman–Crippen MR) is 105 cm³/mol. The first-order valence-electron chi connectivity index (χ1n) is 8.93. The molecule has 0 atom stereocenters. The minimum Gasteiger partial charge on any atom is -0.497 e. The van der Waals surface area contributed by atoms with Crippen LogP contribution in [0.3, 0.4) is 0 Å². The molecule has 1 aliphatic heterocycles. The van der Waals surface area contributed by atoms with Crippen molar-refractivity contribution >= 4 is 23.3 Å². The molecule has 0 radical (unpaired) electrons. The molecule has 1 aliphatic rings. The van der Waals surface area contributed by atoms with Crippen molar-refractivity contribution in [2.24, 2.45) is 0 Å². The molecule has 0 bridgehead atoms. The zero-order valence-electron chi connectivity index (χ0n) is 15.9. The number of benzene rings is 2. The lowest BCUT2D eigenvalue weighted by atomic mass is 10.0. The number of fused-ring (bicyclic) bond motifs is 1. The average molecular weight is 368 g/mol. The van der Waals surface area contributed by atoms with Crippen molar-refractivity contribution in [1.82, 2.24) is 0 Å². The Morgan fingerprint density at radius 2 is 1.96 bits per heavy atom. The van der Waals surface area contributed by atoms with E-state index in [9.17, 15) is 9.59 Å². The van der Waals surface area contributed by atoms with E-state index in [0.717, 1.165) is 41.1 Å². The Balaban J connectivity index is 1.73. The van der Waals surface area contributed by atoms with E-state index in [1.807, 2.05) is 36.1 Å². The largest absolute Gasteiger partial charge is 0.497 e. The van der Waals surface area contributed by atoms with Gasteiger partial charge in [0.15, 0.2) is 0 Å². The third kappa shape index (κ3) is 4.05. The van der Waals surface area contributed by atoms with E-state index in [-0.39, 0.29) is 12.5 Å². The smallest absolute Gasteiger partial charge is 0.337 e. The van der Waals surface area contributed by atoms with Crippen LogP contribution in [0.4, 0.5) is 11.4 Å². The molecule has 3 rings (SSSR count). The van der Waals surface area contributed by atoms with Gasteiger partial charge in [-0.1, -0.05) is 6.07 Å². The second kappa shape index (κ2) is 8.12. The van der Waals surface area contributed by atoms with Crippen LogP contribution in [0.25, 0.3) is 0 Å². The lowest BCUT2D eigenvalue weighted by Gasteiger charge is -2.30. The summed E-state index contributed by atoms with van der Waals surface area (Å²) in [6, 6.07) is 11.1. The van der Waals surface area contributed by atoms with Gasteiger partial charge in [0.2, 0.25) is 5.91 Å². The van der Waals surface area contributed by atoms with Gasteiger partial charge in [0.1, 0.15) is 5.75 Å². The highest BCUT2D eigenvalue weighted by Crippen LogP contribution is 2.30. The summed E-state index contributed by atoms with van der Waals surface area (Å²) in [4.78, 5) is 26.3. The monoisotopic (exact) mass is 368 g/mol. The van der Waals surface area contributed by atoms with Crippen LogP contribution in [0.5, 0.6) is 5.75 Å². The van der Waals surface area contributed by atoms with Crippen LogP contribution in [0.1, 0.15) is 27.9 Å². The molecule has 27 heavy (non-hydrogen) atoms. The van der Waals surface area contributed by atoms with Gasteiger partial charge in [0.25, 0.3) is 0 Å². The molecule has 0 aromatic heterocycles. The molecule has 0 fully saturated rings. The fraction of sp³-hybridized carbons (Fsp3) is 0.333. The van der Waals surface area contributed by atoms with Crippen molar-refractivity contribution in [1.29, 1.82) is 0 Å². The second-order valence-corrected chi connectivity index (χ2v) is 6.52. The van der Waals surface area contributed by atoms with E-state index in [1.165, 1.54) is 7.11 Å². The maximum absolute atomic E-state index is 12.8. The number of aryl methyl sites for hydroxylation is 2. The molecule has 142 valence electrons. The van der Waals surface area contributed by atoms with Crippen molar-refractivity contribution in [3.8, 4) is 5.75 Å². The maximum Gasteiger partial charge on any atom is 0.337 e. The Morgan fingerprint density at radius 1 is 1.15 bits per heavy atom. The molecule has 0 unspecified atom stereocenters. The summed E-state index contributed by atoms with van der Waals surface area (Å²) < 4.78 is 10.0. The number of anilines is 2. The number of esters is 1. The van der Waals surface area contributed by atoms with Crippen molar-refractivity contribution in [2.45, 2.75) is 19.8 Å². The quantitative estimate of drug-likeness (QED) is 0.821. The Kier molecular flexibility index (Phi) is 5.64. The van der Waals surface area contributed by atoms with Crippen LogP contribution in [0, 0.1) is 6.92 Å². The zero-order valence-corrected chi connectivity index (χ0v) is 15.9. The minimum atomic E-state index is -0.400. The third-order valence-corrected chi connectivity index (χ3v) is 4.80. The summed E-state index contributed by atoms with van der Waals surface area (Å²) in [5.41, 5.74) is 4.22. The van der Waals surface area contributed by atoms with E-state index in [1.54, 1.807) is 19.2 Å². The number of nitrogens with zero attached hydrogens (tertiary/aromatic N) is 1. The van der Waals surface area contributed by atoms with Gasteiger partial charge in [-0.25, -0.2) is 4.79 Å². The third-order valence-electron chi connectivity index (χ3n) is 4.80. The first-order valence-corrected chi connectivity index (χ1v) is 8.93. The molecule has 2 aromatic rings. The van der Waals surface area contributed by atoms with Gasteiger partial charge < -0.3 is 19.7 Å². The van der Waals surface area contributed by atoms with Gasteiger partial charge in [0, 0.05) is 17.9 Å². The summed E-state index contributed by atoms with van der Waals surface area (Å²) in [7, 11) is 2.99. The van der Waals surface area contributed by atoms with E-state index in [0.29, 0.717) is 12.1 Å². The van der Waals surface area contributed by atoms with Crippen molar-refractivity contribution in [2.75, 3.05) is 37.5 Å². The van der Waals surface area contributed by atoms with Gasteiger partial charge in [-0.3, -0.25) is 4.79 Å². The van der Waals surface area contributed by atoms with Crippen molar-refractivity contribution < 1.29 is 19.1 Å². The second-order valence-electron chi connectivity index (χ2n) is 6.52. The average Bonchev–Trinajstić information content (AvgIpc) is 2.71. The molecule has 6 heteroatoms. The normalized spacial score (nSPS) is 12.9. The van der Waals surface area contributed by atoms with E-state index >= 15 is 0 Å². The molecule has 0 spiro atoms. The Hall–Kier alpha value is -3.02. The molecule has 2 aromatic carbocycles. The summed E-state index contributed by atoms with van der Waals surface area (Å²) in [5.74, 6) is 0.392. The molecular weight excluding hydrogens is 344 g/mol. The Morgan fingerprint density at radius 3 is 2.70 bits per heavy atom. The highest BCUT2D eigenvalue weighted by molar-refractivity contribution is 5.97. The van der Waals surface area contributed by atoms with E-state index in [2.05, 4.69) is 5.32 Å². The highest BCUT2D eigenvalue weighted by Gasteiger charge is 2.23. The van der Waals surface area contributed by atoms with Crippen LogP contribution in [-0.4, -0.2) is 39.2 Å². The summed E-state index contributed by atoms with van der Waals surface area (Å²) in [6.45, 7) is 2.77. The van der Waals surface area contributed by atoms with E-state index in [4.69, 9.17) is 9.47 Å². The topological polar surface area (TPSA) is 67.9 Å². The fourth-order valence-electron chi connectivity index (χ4n) is 3.28. The molecular formula is C21H24N2O4. The summed E-state index contributed by atoms with van der Waals surface area (Å²) in [5, 5.41) is 3.16. The van der Waals surface area contributed by atoms with Crippen LogP contribution in [0.15, 0.2) is 36.4 Å². The van der Waals surface area contributed by atoms with Gasteiger partial charge in [0.05, 0.1) is 26.3 Å². The number of methoxy groups -OCH3 is 2. The predicted octanol–water partition coefficient (Wildman–Crippen LogP) is 3.18. The van der Waals surface area contributed by atoms with Crippen molar-refractivity contribution in [3.05, 3.63) is 53.1 Å². The van der Waals surface area contributed by atoms with Crippen LogP contribution >= 0.6 is 0 Å². The van der Waals surface area contributed by atoms with Gasteiger partial charge in [-0.15, -0.1) is 0 Å². The Bertz CT molecular complexity index is 863. The number of rotatable bonds is 5. The SMILES string of the molecule is COC(=O)c1ccc(C)c(NCC(=O)N2CCCc3cc(OC)ccc32)c1. The number of amides is 1. The number of carbonyl (C=O) groups excluding carboxylic acids is 2. The van der Waals surface area contributed by atoms with Crippen LogP contribution in [-0.2, 0) is 16.0 Å². The van der Waals surface area contributed by atoms with Crippen LogP contribution in [0.2, 0.25) is 0 Å². The molecule has 0 saturated carbocycles. The minimum absolute atomic E-state index is 0.0102. The molecule has 1 amide bonds. The lowest BCUT2D eigenvalue weighted by molar-refractivity contribution is -0.117. The van der Waals surface area contributed by atoms with Gasteiger partial charge in [-0.05, 0) is 61.2 Å². The first kappa shape index (κ1) is 18.8. The number of ether oxygens (including phenoxy) is 2. The highest BCUT2D eigenvalue weighted by atomic mass is 16.5. The molecule has 6 nitrogen and oxygen atoms in total. The van der Waals surface area contributed by atoms with Gasteiger partial charge in [-0.2, -0.15) is 0 Å². The van der Waals surface area contributed by atoms with Gasteiger partial charge >= 0.3 is 5.97 Å². The maximum atomic E-state index is 12.8. The number of carbonyl (C=O) groups is 2. The number of nitrogens with one attached hydrogen (secondary N) is 1. The molecule has 0 aliphatic carbocycles. The Labute approximate surface area is 159 Å². The summed E-state index contributed by atoms with van der Waals surface area (Å²) in [6.07, 6.45) is 1.85. The van der Waals surface area contributed by atoms with Crippen molar-refractivity contribution in [3.63, 3.8) is 0 Å². The lowest BCUT2D eigenvalue weighted by Crippen LogP contribution is -2.39.